The van der Waals surface area contributed by atoms with Gasteiger partial charge in [-0.2, -0.15) is 8.42 Å². The van der Waals surface area contributed by atoms with Gasteiger partial charge in [0.2, 0.25) is 0 Å². The number of benzene rings is 1. The minimum absolute atomic E-state index is 0.165. The maximum atomic E-state index is 12.5. The number of aryl methyl sites for hydroxylation is 2. The van der Waals surface area contributed by atoms with Crippen molar-refractivity contribution in [3.63, 3.8) is 0 Å². The molecule has 27 heavy (non-hydrogen) atoms. The summed E-state index contributed by atoms with van der Waals surface area (Å²) in [7, 11) is -4.10. The van der Waals surface area contributed by atoms with E-state index in [4.69, 9.17) is 0 Å². The molecule has 2 amide bonds. The molecule has 2 aromatic rings. The summed E-state index contributed by atoms with van der Waals surface area (Å²) in [5.41, 5.74) is 4.03. The summed E-state index contributed by atoms with van der Waals surface area (Å²) in [5, 5.41) is 2.52. The van der Waals surface area contributed by atoms with Gasteiger partial charge in [0, 0.05) is 17.4 Å². The third kappa shape index (κ3) is 4.82. The number of urea groups is 1. The first-order chi connectivity index (χ1) is 12.5. The van der Waals surface area contributed by atoms with Crippen LogP contribution in [0.3, 0.4) is 0 Å². The quantitative estimate of drug-likeness (QED) is 0.755. The van der Waals surface area contributed by atoms with Crippen molar-refractivity contribution < 1.29 is 13.2 Å². The predicted molar refractivity (Wildman–Crippen MR) is 105 cm³/mol. The average molecular weight is 391 g/mol. The maximum Gasteiger partial charge on any atom is 0.333 e. The van der Waals surface area contributed by atoms with E-state index in [-0.39, 0.29) is 16.9 Å². The Balaban J connectivity index is 2.37. The molecule has 0 aliphatic carbocycles. The molecule has 0 unspecified atom stereocenters. The first-order valence-electron chi connectivity index (χ1n) is 8.77. The summed E-state index contributed by atoms with van der Waals surface area (Å²) >= 11 is 0. The Bertz CT molecular complexity index is 924. The summed E-state index contributed by atoms with van der Waals surface area (Å²) in [6.45, 7) is 11.7. The molecule has 0 aliphatic heterocycles. The van der Waals surface area contributed by atoms with Crippen LogP contribution in [-0.2, 0) is 10.0 Å². The lowest BCUT2D eigenvalue weighted by Gasteiger charge is -2.21. The Morgan fingerprint density at radius 1 is 1.04 bits per heavy atom. The zero-order chi connectivity index (χ0) is 20.4. The molecule has 0 spiro atoms. The number of hydrogen-bond acceptors (Lipinski definition) is 5. The third-order valence-corrected chi connectivity index (χ3v) is 5.55. The van der Waals surface area contributed by atoms with Gasteiger partial charge in [-0.15, -0.1) is 0 Å². The molecule has 0 bridgehead atoms. The van der Waals surface area contributed by atoms with Crippen LogP contribution in [0.2, 0.25) is 0 Å². The van der Waals surface area contributed by atoms with E-state index in [1.807, 2.05) is 51.5 Å². The Hall–Kier alpha value is -2.48. The van der Waals surface area contributed by atoms with Crippen LogP contribution in [-0.4, -0.2) is 24.4 Å². The zero-order valence-corrected chi connectivity index (χ0v) is 17.3. The molecule has 2 rings (SSSR count). The highest BCUT2D eigenvalue weighted by atomic mass is 32.2. The van der Waals surface area contributed by atoms with E-state index < -0.39 is 16.1 Å². The van der Waals surface area contributed by atoms with Crippen molar-refractivity contribution in [2.24, 2.45) is 0 Å². The summed E-state index contributed by atoms with van der Waals surface area (Å²) in [6.07, 6.45) is 2.51. The number of rotatable bonds is 5. The van der Waals surface area contributed by atoms with Crippen molar-refractivity contribution in [1.29, 1.82) is 0 Å². The van der Waals surface area contributed by atoms with E-state index in [9.17, 15) is 13.2 Å². The van der Waals surface area contributed by atoms with Gasteiger partial charge in [-0.3, -0.25) is 0 Å². The van der Waals surface area contributed by atoms with Crippen molar-refractivity contribution in [3.05, 3.63) is 46.9 Å². The van der Waals surface area contributed by atoms with E-state index in [1.165, 1.54) is 6.20 Å². The van der Waals surface area contributed by atoms with E-state index in [0.717, 1.165) is 23.0 Å². The van der Waals surface area contributed by atoms with E-state index in [1.54, 1.807) is 6.92 Å². The maximum absolute atomic E-state index is 12.5. The monoisotopic (exact) mass is 390 g/mol. The van der Waals surface area contributed by atoms with Gasteiger partial charge in [0.25, 0.3) is 10.0 Å². The molecule has 2 N–H and O–H groups in total. The van der Waals surface area contributed by atoms with Gasteiger partial charge in [-0.25, -0.2) is 19.5 Å². The smallest absolute Gasteiger partial charge is 0.307 e. The van der Waals surface area contributed by atoms with Crippen molar-refractivity contribution in [2.45, 2.75) is 58.4 Å². The van der Waals surface area contributed by atoms with Crippen LogP contribution >= 0.6 is 0 Å². The van der Waals surface area contributed by atoms with Crippen LogP contribution in [0.5, 0.6) is 0 Å². The fourth-order valence-corrected chi connectivity index (χ4v) is 3.93. The van der Waals surface area contributed by atoms with Crippen LogP contribution in [0.4, 0.5) is 10.5 Å². The minimum atomic E-state index is -4.10. The second-order valence-corrected chi connectivity index (χ2v) is 8.80. The molecule has 0 aliphatic rings. The van der Waals surface area contributed by atoms with Gasteiger partial charge >= 0.3 is 6.03 Å². The highest BCUT2D eigenvalue weighted by Crippen LogP contribution is 2.33. The fraction of sp³-hybridized carbons (Fsp3) is 0.421. The lowest BCUT2D eigenvalue weighted by atomic mass is 9.90. The summed E-state index contributed by atoms with van der Waals surface area (Å²) < 4.78 is 27.0. The number of aromatic nitrogens is 2. The zero-order valence-electron chi connectivity index (χ0n) is 16.5. The van der Waals surface area contributed by atoms with E-state index in [0.29, 0.717) is 11.3 Å². The number of nitrogens with zero attached hydrogens (tertiary/aromatic N) is 2. The van der Waals surface area contributed by atoms with Crippen LogP contribution in [0.1, 0.15) is 61.8 Å². The molecule has 7 nitrogen and oxygen atoms in total. The molecule has 0 saturated carbocycles. The van der Waals surface area contributed by atoms with Crippen molar-refractivity contribution in [3.8, 4) is 0 Å². The van der Waals surface area contributed by atoms with Crippen LogP contribution < -0.4 is 10.0 Å². The summed E-state index contributed by atoms with van der Waals surface area (Å²) in [5.74, 6) is 0.330. The number of amides is 2. The number of hydrogen-bond donors (Lipinski definition) is 2. The molecule has 0 radical (unpaired) electrons. The normalized spacial score (nSPS) is 11.7. The second kappa shape index (κ2) is 8.04. The van der Waals surface area contributed by atoms with Gasteiger partial charge in [-0.05, 0) is 36.8 Å². The second-order valence-electron chi connectivity index (χ2n) is 7.20. The molecular weight excluding hydrogens is 364 g/mol. The first kappa shape index (κ1) is 20.8. The predicted octanol–water partition coefficient (Wildman–Crippen LogP) is 3.85. The standard InChI is InChI=1S/C19H26N4O3S/c1-11(2)15-7-13(5)8-16(12(3)4)17(15)22-19(24)23-27(25,26)18-14(6)9-20-10-21-18/h7-12H,1-6H3,(H2,22,23,24). The molecule has 0 saturated heterocycles. The van der Waals surface area contributed by atoms with Crippen molar-refractivity contribution in [1.82, 2.24) is 14.7 Å². The Morgan fingerprint density at radius 3 is 2.07 bits per heavy atom. The molecule has 146 valence electrons. The number of sulfonamides is 1. The molecule has 0 atom stereocenters. The molecule has 1 aromatic heterocycles. The van der Waals surface area contributed by atoms with Gasteiger partial charge in [0.1, 0.15) is 6.33 Å². The van der Waals surface area contributed by atoms with Crippen LogP contribution in [0, 0.1) is 13.8 Å². The van der Waals surface area contributed by atoms with E-state index in [2.05, 4.69) is 15.3 Å². The fourth-order valence-electron chi connectivity index (χ4n) is 2.88. The van der Waals surface area contributed by atoms with Gasteiger partial charge in [0.15, 0.2) is 5.03 Å². The number of anilines is 1. The lowest BCUT2D eigenvalue weighted by molar-refractivity contribution is 0.256. The Labute approximate surface area is 160 Å². The highest BCUT2D eigenvalue weighted by Gasteiger charge is 2.23. The van der Waals surface area contributed by atoms with Crippen molar-refractivity contribution in [2.75, 3.05) is 5.32 Å². The summed E-state index contributed by atoms with van der Waals surface area (Å²) in [6, 6.07) is 3.20. The SMILES string of the molecule is Cc1cc(C(C)C)c(NC(=O)NS(=O)(=O)c2ncncc2C)c(C(C)C)c1. The number of carbonyl (C=O) groups excluding carboxylic acids is 1. The molecular formula is C19H26N4O3S. The van der Waals surface area contributed by atoms with Crippen LogP contribution in [0.15, 0.2) is 29.7 Å². The topological polar surface area (TPSA) is 101 Å². The molecule has 1 aromatic carbocycles. The third-order valence-electron chi connectivity index (χ3n) is 4.16. The number of carbonyl (C=O) groups is 1. The highest BCUT2D eigenvalue weighted by molar-refractivity contribution is 7.90. The largest absolute Gasteiger partial charge is 0.333 e. The lowest BCUT2D eigenvalue weighted by Crippen LogP contribution is -2.35. The Kier molecular flexibility index (Phi) is 6.20. The first-order valence-corrected chi connectivity index (χ1v) is 10.3. The van der Waals surface area contributed by atoms with E-state index >= 15 is 0 Å². The van der Waals surface area contributed by atoms with Gasteiger partial charge < -0.3 is 5.32 Å². The van der Waals surface area contributed by atoms with Crippen LogP contribution in [0.25, 0.3) is 0 Å². The Morgan fingerprint density at radius 2 is 1.59 bits per heavy atom. The summed E-state index contributed by atoms with van der Waals surface area (Å²) in [4.78, 5) is 20.0. The average Bonchev–Trinajstić information content (AvgIpc) is 2.55. The molecule has 1 heterocycles. The molecule has 0 fully saturated rings. The van der Waals surface area contributed by atoms with Gasteiger partial charge in [0.05, 0.1) is 0 Å². The molecule has 8 heteroatoms. The van der Waals surface area contributed by atoms with Crippen molar-refractivity contribution >= 4 is 21.7 Å². The number of nitrogens with one attached hydrogen (secondary N) is 2. The van der Waals surface area contributed by atoms with Gasteiger partial charge in [-0.1, -0.05) is 45.4 Å². The minimum Gasteiger partial charge on any atom is -0.307 e.